The van der Waals surface area contributed by atoms with E-state index in [-0.39, 0.29) is 17.0 Å². The predicted octanol–water partition coefficient (Wildman–Crippen LogP) is 3.11. The zero-order chi connectivity index (χ0) is 13.8. The summed E-state index contributed by atoms with van der Waals surface area (Å²) in [5, 5.41) is 11.0. The molecule has 96 valence electrons. The van der Waals surface area contributed by atoms with Gasteiger partial charge in [0.15, 0.2) is 5.76 Å². The third-order valence-electron chi connectivity index (χ3n) is 2.58. The Balaban J connectivity index is 2.17. The molecule has 0 radical (unpaired) electrons. The van der Waals surface area contributed by atoms with Gasteiger partial charge in [-0.3, -0.25) is 4.79 Å². The Bertz CT molecular complexity index is 656. The highest BCUT2D eigenvalue weighted by Crippen LogP contribution is 2.17. The van der Waals surface area contributed by atoms with Gasteiger partial charge in [-0.15, -0.1) is 0 Å². The lowest BCUT2D eigenvalue weighted by Gasteiger charge is -2.04. The Morgan fingerprint density at radius 1 is 1.42 bits per heavy atom. The summed E-state index contributed by atoms with van der Waals surface area (Å²) in [6.45, 7) is 1.90. The number of nitrogens with zero attached hydrogens (tertiary/aromatic N) is 1. The molecular weight excluding hydrogens is 247 g/mol. The third kappa shape index (κ3) is 2.80. The average Bonchev–Trinajstić information content (AvgIpc) is 2.90. The summed E-state index contributed by atoms with van der Waals surface area (Å²) in [4.78, 5) is 11.8. The quantitative estimate of drug-likeness (QED) is 0.919. The SMILES string of the molecule is CCc1ccc(C(=O)Nc2ccc(C#N)cc2F)o1. The van der Waals surface area contributed by atoms with Crippen LogP contribution < -0.4 is 5.32 Å². The lowest BCUT2D eigenvalue weighted by atomic mass is 10.2. The molecule has 1 N–H and O–H groups in total. The van der Waals surface area contributed by atoms with Crippen LogP contribution in [0.1, 0.15) is 28.8 Å². The van der Waals surface area contributed by atoms with E-state index in [0.29, 0.717) is 12.2 Å². The fourth-order valence-electron chi connectivity index (χ4n) is 1.56. The van der Waals surface area contributed by atoms with Crippen LogP contribution in [0.5, 0.6) is 0 Å². The molecule has 0 saturated heterocycles. The highest BCUT2D eigenvalue weighted by atomic mass is 19.1. The molecule has 19 heavy (non-hydrogen) atoms. The first-order valence-electron chi connectivity index (χ1n) is 5.73. The second-order valence-corrected chi connectivity index (χ2v) is 3.88. The third-order valence-corrected chi connectivity index (χ3v) is 2.58. The monoisotopic (exact) mass is 258 g/mol. The summed E-state index contributed by atoms with van der Waals surface area (Å²) in [6, 6.07) is 8.89. The van der Waals surface area contributed by atoms with Crippen LogP contribution in [-0.4, -0.2) is 5.91 Å². The van der Waals surface area contributed by atoms with Crippen LogP contribution in [0.4, 0.5) is 10.1 Å². The molecule has 0 atom stereocenters. The molecule has 5 heteroatoms. The lowest BCUT2D eigenvalue weighted by molar-refractivity contribution is 0.0994. The summed E-state index contributed by atoms with van der Waals surface area (Å²) >= 11 is 0. The minimum atomic E-state index is -0.658. The maximum Gasteiger partial charge on any atom is 0.291 e. The first kappa shape index (κ1) is 12.8. The number of rotatable bonds is 3. The Labute approximate surface area is 109 Å². The van der Waals surface area contributed by atoms with Gasteiger partial charge < -0.3 is 9.73 Å². The summed E-state index contributed by atoms with van der Waals surface area (Å²) in [5.41, 5.74) is 0.209. The van der Waals surface area contributed by atoms with Crippen LogP contribution in [0.2, 0.25) is 0 Å². The highest BCUT2D eigenvalue weighted by Gasteiger charge is 2.13. The molecular formula is C14H11FN2O2. The topological polar surface area (TPSA) is 66.0 Å². The molecule has 1 heterocycles. The smallest absolute Gasteiger partial charge is 0.291 e. The van der Waals surface area contributed by atoms with Gasteiger partial charge in [0.2, 0.25) is 0 Å². The molecule has 0 unspecified atom stereocenters. The summed E-state index contributed by atoms with van der Waals surface area (Å²) in [5.74, 6) is -0.371. The van der Waals surface area contributed by atoms with Crippen molar-refractivity contribution in [2.45, 2.75) is 13.3 Å². The number of benzene rings is 1. The maximum absolute atomic E-state index is 13.6. The number of furan rings is 1. The number of carbonyl (C=O) groups is 1. The zero-order valence-electron chi connectivity index (χ0n) is 10.2. The number of carbonyl (C=O) groups excluding carboxylic acids is 1. The normalized spacial score (nSPS) is 9.95. The van der Waals surface area contributed by atoms with Crippen LogP contribution in [0.3, 0.4) is 0 Å². The number of amides is 1. The number of aryl methyl sites for hydroxylation is 1. The largest absolute Gasteiger partial charge is 0.456 e. The van der Waals surface area contributed by atoms with Gasteiger partial charge in [0.1, 0.15) is 11.6 Å². The van der Waals surface area contributed by atoms with Gasteiger partial charge in [0.25, 0.3) is 5.91 Å². The van der Waals surface area contributed by atoms with Gasteiger partial charge in [-0.05, 0) is 30.3 Å². The number of halogens is 1. The average molecular weight is 258 g/mol. The van der Waals surface area contributed by atoms with E-state index in [1.807, 2.05) is 13.0 Å². The van der Waals surface area contributed by atoms with E-state index in [1.54, 1.807) is 6.07 Å². The fourth-order valence-corrected chi connectivity index (χ4v) is 1.56. The van der Waals surface area contributed by atoms with Crippen molar-refractivity contribution in [3.05, 3.63) is 53.2 Å². The molecule has 0 aliphatic heterocycles. The second-order valence-electron chi connectivity index (χ2n) is 3.88. The van der Waals surface area contributed by atoms with E-state index in [4.69, 9.17) is 9.68 Å². The minimum Gasteiger partial charge on any atom is -0.456 e. The number of hydrogen-bond acceptors (Lipinski definition) is 3. The van der Waals surface area contributed by atoms with Crippen LogP contribution in [0, 0.1) is 17.1 Å². The standard InChI is InChI=1S/C14H11FN2O2/c1-2-10-4-6-13(19-10)14(18)17-12-5-3-9(8-16)7-11(12)15/h3-7H,2H2,1H3,(H,17,18). The molecule has 0 aliphatic rings. The van der Waals surface area contributed by atoms with Gasteiger partial charge in [-0.1, -0.05) is 6.92 Å². The van der Waals surface area contributed by atoms with E-state index in [0.717, 1.165) is 6.07 Å². The van der Waals surface area contributed by atoms with E-state index in [1.165, 1.54) is 18.2 Å². The Morgan fingerprint density at radius 2 is 2.21 bits per heavy atom. The summed E-state index contributed by atoms with van der Waals surface area (Å²) in [7, 11) is 0. The molecule has 1 aromatic carbocycles. The van der Waals surface area contributed by atoms with Crippen LogP contribution in [0.15, 0.2) is 34.7 Å². The number of anilines is 1. The van der Waals surface area contributed by atoms with E-state index in [9.17, 15) is 9.18 Å². The molecule has 0 bridgehead atoms. The van der Waals surface area contributed by atoms with Gasteiger partial charge in [0, 0.05) is 6.42 Å². The number of hydrogen-bond donors (Lipinski definition) is 1. The molecule has 0 saturated carbocycles. The van der Waals surface area contributed by atoms with Gasteiger partial charge in [-0.2, -0.15) is 5.26 Å². The number of nitrogens with one attached hydrogen (secondary N) is 1. The van der Waals surface area contributed by atoms with Crippen molar-refractivity contribution in [1.29, 1.82) is 5.26 Å². The lowest BCUT2D eigenvalue weighted by Crippen LogP contribution is -2.12. The summed E-state index contributed by atoms with van der Waals surface area (Å²) in [6.07, 6.45) is 0.679. The first-order chi connectivity index (χ1) is 9.13. The number of nitriles is 1. The van der Waals surface area contributed by atoms with Crippen molar-refractivity contribution in [2.75, 3.05) is 5.32 Å². The Morgan fingerprint density at radius 3 is 2.79 bits per heavy atom. The molecule has 0 fully saturated rings. The summed E-state index contributed by atoms with van der Waals surface area (Å²) < 4.78 is 18.9. The van der Waals surface area contributed by atoms with Crippen molar-refractivity contribution in [1.82, 2.24) is 0 Å². The predicted molar refractivity (Wildman–Crippen MR) is 67.2 cm³/mol. The Kier molecular flexibility index (Phi) is 3.62. The van der Waals surface area contributed by atoms with Crippen LogP contribution in [0.25, 0.3) is 0 Å². The van der Waals surface area contributed by atoms with E-state index < -0.39 is 11.7 Å². The zero-order valence-corrected chi connectivity index (χ0v) is 10.2. The molecule has 1 aromatic heterocycles. The van der Waals surface area contributed by atoms with Crippen molar-refractivity contribution in [3.63, 3.8) is 0 Å². The van der Waals surface area contributed by atoms with Gasteiger partial charge in [0.05, 0.1) is 17.3 Å². The van der Waals surface area contributed by atoms with Crippen molar-refractivity contribution >= 4 is 11.6 Å². The molecule has 1 amide bonds. The van der Waals surface area contributed by atoms with Crippen molar-refractivity contribution in [2.24, 2.45) is 0 Å². The molecule has 2 aromatic rings. The van der Waals surface area contributed by atoms with Crippen molar-refractivity contribution in [3.8, 4) is 6.07 Å². The van der Waals surface area contributed by atoms with Crippen LogP contribution in [-0.2, 0) is 6.42 Å². The highest BCUT2D eigenvalue weighted by molar-refractivity contribution is 6.02. The van der Waals surface area contributed by atoms with E-state index >= 15 is 0 Å². The molecule has 0 aliphatic carbocycles. The first-order valence-corrected chi connectivity index (χ1v) is 5.73. The van der Waals surface area contributed by atoms with Crippen LogP contribution >= 0.6 is 0 Å². The second kappa shape index (κ2) is 5.36. The minimum absolute atomic E-state index is 0.0125. The Hall–Kier alpha value is -2.61. The van der Waals surface area contributed by atoms with Gasteiger partial charge in [-0.25, -0.2) is 4.39 Å². The molecule has 2 rings (SSSR count). The maximum atomic E-state index is 13.6. The van der Waals surface area contributed by atoms with Crippen molar-refractivity contribution < 1.29 is 13.6 Å². The molecule has 4 nitrogen and oxygen atoms in total. The molecule has 0 spiro atoms. The fraction of sp³-hybridized carbons (Fsp3) is 0.143. The van der Waals surface area contributed by atoms with E-state index in [2.05, 4.69) is 5.32 Å². The van der Waals surface area contributed by atoms with Gasteiger partial charge >= 0.3 is 0 Å².